The molecule has 7 rings (SSSR count). The van der Waals surface area contributed by atoms with Gasteiger partial charge < -0.3 is 39.9 Å². The van der Waals surface area contributed by atoms with Gasteiger partial charge in [-0.2, -0.15) is 0 Å². The molecule has 0 atom stereocenters. The number of ether oxygens (including phenoxy) is 6. The van der Waals surface area contributed by atoms with Crippen molar-refractivity contribution in [3.05, 3.63) is 169 Å². The fourth-order valence-corrected chi connectivity index (χ4v) is 6.14. The van der Waals surface area contributed by atoms with Crippen LogP contribution in [0.1, 0.15) is 37.8 Å². The molecule has 0 aliphatic rings. The molecule has 0 unspecified atom stereocenters. The Labute approximate surface area is 327 Å². The second-order valence-electron chi connectivity index (χ2n) is 13.1. The number of hydrogen-bond acceptors (Lipinski definition) is 8. The summed E-state index contributed by atoms with van der Waals surface area (Å²) in [4.78, 5) is 0. The zero-order chi connectivity index (χ0) is 38.7. The highest BCUT2D eigenvalue weighted by atomic mass is 16.5. The summed E-state index contributed by atoms with van der Waals surface area (Å²) < 4.78 is 37.9. The molecule has 0 fully saturated rings. The van der Waals surface area contributed by atoms with E-state index in [1.54, 1.807) is 0 Å². The van der Waals surface area contributed by atoms with Gasteiger partial charge in [0.15, 0.2) is 46.0 Å². The highest BCUT2D eigenvalue weighted by Crippen LogP contribution is 2.42. The zero-order valence-electron chi connectivity index (χ0n) is 31.4. The predicted octanol–water partition coefficient (Wildman–Crippen LogP) is 13.5. The van der Waals surface area contributed by atoms with Gasteiger partial charge >= 0.3 is 0 Å². The van der Waals surface area contributed by atoms with Gasteiger partial charge in [-0.15, -0.1) is 0 Å². The minimum atomic E-state index is 0.517. The topological polar surface area (TPSA) is 107 Å². The minimum absolute atomic E-state index is 0.517. The molecule has 0 spiro atoms. The predicted molar refractivity (Wildman–Crippen MR) is 222 cm³/mol. The van der Waals surface area contributed by atoms with Crippen molar-refractivity contribution in [1.82, 2.24) is 0 Å². The first-order chi connectivity index (χ1) is 27.5. The number of benzene rings is 7. The molecule has 0 radical (unpaired) electrons. The third-order valence-electron chi connectivity index (χ3n) is 8.86. The molecular weight excluding hydrogens is 701 g/mol. The second-order valence-corrected chi connectivity index (χ2v) is 13.1. The number of nitrogens with two attached hydrogens (primary N) is 2. The van der Waals surface area contributed by atoms with E-state index < -0.39 is 0 Å². The van der Waals surface area contributed by atoms with Gasteiger partial charge in [-0.05, 0) is 96.8 Å². The van der Waals surface area contributed by atoms with Crippen LogP contribution in [-0.2, 0) is 12.8 Å². The van der Waals surface area contributed by atoms with Crippen LogP contribution in [-0.4, -0.2) is 0 Å². The molecule has 0 saturated heterocycles. The van der Waals surface area contributed by atoms with Crippen LogP contribution in [0.5, 0.6) is 69.0 Å². The van der Waals surface area contributed by atoms with Gasteiger partial charge in [-0.3, -0.25) is 0 Å². The lowest BCUT2D eigenvalue weighted by Crippen LogP contribution is -1.98. The molecule has 0 saturated carbocycles. The number of hydrogen-bond donors (Lipinski definition) is 2. The van der Waals surface area contributed by atoms with Crippen molar-refractivity contribution >= 4 is 11.4 Å². The van der Waals surface area contributed by atoms with E-state index in [0.717, 1.165) is 36.8 Å². The van der Waals surface area contributed by atoms with Gasteiger partial charge in [0.1, 0.15) is 23.0 Å². The monoisotopic (exact) mass is 744 g/mol. The van der Waals surface area contributed by atoms with Crippen molar-refractivity contribution in [3.8, 4) is 69.0 Å². The average Bonchev–Trinajstić information content (AvgIpc) is 3.21. The molecule has 0 aliphatic heterocycles. The van der Waals surface area contributed by atoms with Crippen LogP contribution in [0.3, 0.4) is 0 Å². The van der Waals surface area contributed by atoms with Crippen molar-refractivity contribution < 1.29 is 28.4 Å². The minimum Gasteiger partial charge on any atom is -0.453 e. The lowest BCUT2D eigenvalue weighted by Gasteiger charge is -2.16. The Kier molecular flexibility index (Phi) is 11.9. The Morgan fingerprint density at radius 3 is 0.893 bits per heavy atom. The van der Waals surface area contributed by atoms with E-state index >= 15 is 0 Å². The summed E-state index contributed by atoms with van der Waals surface area (Å²) in [7, 11) is 0. The van der Waals surface area contributed by atoms with Crippen molar-refractivity contribution in [2.45, 2.75) is 39.5 Å². The molecule has 0 heterocycles. The van der Waals surface area contributed by atoms with Crippen LogP contribution < -0.4 is 39.9 Å². The maximum atomic E-state index is 6.45. The Morgan fingerprint density at radius 1 is 0.321 bits per heavy atom. The van der Waals surface area contributed by atoms with E-state index in [-0.39, 0.29) is 0 Å². The molecule has 0 amide bonds. The van der Waals surface area contributed by atoms with Crippen LogP contribution in [0.25, 0.3) is 0 Å². The SMILES string of the molecule is CCCc1cccc(Oc2ccccc2Oc2cccc(Oc3ccccc3Oc3cccc(Oc4ccccc4Oc4cccc(CCC)c4N)c3)c2)c1N. The molecule has 8 heteroatoms. The second kappa shape index (κ2) is 17.8. The van der Waals surface area contributed by atoms with Crippen molar-refractivity contribution in [2.75, 3.05) is 11.5 Å². The number of anilines is 2. The van der Waals surface area contributed by atoms with Crippen LogP contribution in [0, 0.1) is 0 Å². The fourth-order valence-electron chi connectivity index (χ4n) is 6.14. The smallest absolute Gasteiger partial charge is 0.170 e. The van der Waals surface area contributed by atoms with Gasteiger partial charge in [0.05, 0.1) is 11.4 Å². The molecule has 8 nitrogen and oxygen atoms in total. The molecule has 7 aromatic rings. The van der Waals surface area contributed by atoms with Gasteiger partial charge in [0, 0.05) is 12.1 Å². The highest BCUT2D eigenvalue weighted by Gasteiger charge is 2.15. The quantitative estimate of drug-likeness (QED) is 0.0942. The van der Waals surface area contributed by atoms with Crippen LogP contribution in [0.15, 0.2) is 158 Å². The number of para-hydroxylation sites is 8. The van der Waals surface area contributed by atoms with Crippen LogP contribution in [0.2, 0.25) is 0 Å². The van der Waals surface area contributed by atoms with Crippen LogP contribution in [0.4, 0.5) is 11.4 Å². The van der Waals surface area contributed by atoms with Crippen LogP contribution >= 0.6 is 0 Å². The zero-order valence-corrected chi connectivity index (χ0v) is 31.4. The molecule has 0 aliphatic carbocycles. The average molecular weight is 745 g/mol. The number of aryl methyl sites for hydroxylation is 2. The van der Waals surface area contributed by atoms with E-state index in [1.165, 1.54) is 0 Å². The maximum absolute atomic E-state index is 6.45. The Bertz CT molecular complexity index is 2240. The molecule has 56 heavy (non-hydrogen) atoms. The van der Waals surface area contributed by atoms with Crippen molar-refractivity contribution in [1.29, 1.82) is 0 Å². The Balaban J connectivity index is 1.04. The van der Waals surface area contributed by atoms with Gasteiger partial charge in [-0.25, -0.2) is 0 Å². The lowest BCUT2D eigenvalue weighted by atomic mass is 10.1. The maximum Gasteiger partial charge on any atom is 0.170 e. The summed E-state index contributed by atoms with van der Waals surface area (Å²) in [6, 6.07) is 48.9. The third-order valence-corrected chi connectivity index (χ3v) is 8.86. The van der Waals surface area contributed by atoms with E-state index in [0.29, 0.717) is 80.4 Å². The number of nitrogen functional groups attached to an aromatic ring is 2. The summed E-state index contributed by atoms with van der Waals surface area (Å²) >= 11 is 0. The molecule has 4 N–H and O–H groups in total. The van der Waals surface area contributed by atoms with Gasteiger partial charge in [0.2, 0.25) is 0 Å². The lowest BCUT2D eigenvalue weighted by molar-refractivity contribution is 0.404. The van der Waals surface area contributed by atoms with E-state index in [2.05, 4.69) is 13.8 Å². The summed E-state index contributed by atoms with van der Waals surface area (Å²) in [5.74, 6) is 6.62. The first-order valence-corrected chi connectivity index (χ1v) is 18.8. The molecular formula is C48H44N2O6. The standard InChI is InChI=1S/C48H44N2O6/c1-3-15-33-17-11-29-45(47(33)49)55-43-27-9-7-25-41(43)53-37-21-13-19-35(31-37)51-39-23-5-6-24-40(39)52-36-20-14-22-38(32-36)54-42-26-8-10-28-44(42)56-46-30-12-18-34(16-4-2)48(46)50/h5-14,17-32H,3-4,15-16,49-50H2,1-2H3. The Hall–Kier alpha value is -7.06. The largest absolute Gasteiger partial charge is 0.453 e. The van der Waals surface area contributed by atoms with E-state index in [9.17, 15) is 0 Å². The van der Waals surface area contributed by atoms with Crippen molar-refractivity contribution in [3.63, 3.8) is 0 Å². The first-order valence-electron chi connectivity index (χ1n) is 18.8. The summed E-state index contributed by atoms with van der Waals surface area (Å²) in [5, 5.41) is 0. The molecule has 282 valence electrons. The molecule has 0 aromatic heterocycles. The molecule has 7 aromatic carbocycles. The fraction of sp³-hybridized carbons (Fsp3) is 0.125. The Morgan fingerprint density at radius 2 is 0.589 bits per heavy atom. The third kappa shape index (κ3) is 9.17. The summed E-state index contributed by atoms with van der Waals surface area (Å²) in [6.45, 7) is 4.25. The van der Waals surface area contributed by atoms with E-state index in [4.69, 9.17) is 39.9 Å². The summed E-state index contributed by atoms with van der Waals surface area (Å²) in [5.41, 5.74) is 16.3. The number of rotatable bonds is 16. The highest BCUT2D eigenvalue weighted by molar-refractivity contribution is 5.62. The van der Waals surface area contributed by atoms with Gasteiger partial charge in [0.25, 0.3) is 0 Å². The van der Waals surface area contributed by atoms with E-state index in [1.807, 2.05) is 158 Å². The molecule has 0 bridgehead atoms. The van der Waals surface area contributed by atoms with Gasteiger partial charge in [-0.1, -0.05) is 99.5 Å². The van der Waals surface area contributed by atoms with Crippen molar-refractivity contribution in [2.24, 2.45) is 0 Å². The first kappa shape index (κ1) is 37.3. The summed E-state index contributed by atoms with van der Waals surface area (Å²) in [6.07, 6.45) is 3.73. The normalized spacial score (nSPS) is 10.8.